The number of aromatic nitrogens is 1. The molecule has 1 N–H and O–H groups in total. The molecule has 0 spiro atoms. The number of halogens is 2. The summed E-state index contributed by atoms with van der Waals surface area (Å²) in [6.07, 6.45) is 2.26. The molecule has 0 fully saturated rings. The Kier molecular flexibility index (Phi) is 3.87. The molecule has 108 valence electrons. The Hall–Kier alpha value is -1.58. The lowest BCUT2D eigenvalue weighted by atomic mass is 9.85. The van der Waals surface area contributed by atoms with Gasteiger partial charge in [0, 0.05) is 16.3 Å². The summed E-state index contributed by atoms with van der Waals surface area (Å²) >= 11 is 12.2. The van der Waals surface area contributed by atoms with Crippen molar-refractivity contribution in [3.05, 3.63) is 51.6 Å². The Morgan fingerprint density at radius 3 is 2.62 bits per heavy atom. The van der Waals surface area contributed by atoms with Crippen LogP contribution in [0.1, 0.15) is 30.0 Å². The molecule has 0 radical (unpaired) electrons. The van der Waals surface area contributed by atoms with Gasteiger partial charge in [0.2, 0.25) is 0 Å². The molecular formula is C16H13Cl2NO2. The summed E-state index contributed by atoms with van der Waals surface area (Å²) in [5.74, 6) is -1.31. The van der Waals surface area contributed by atoms with Crippen molar-refractivity contribution >= 4 is 29.2 Å². The third-order valence-corrected chi connectivity index (χ3v) is 4.33. The number of pyridine rings is 1. The summed E-state index contributed by atoms with van der Waals surface area (Å²) in [4.78, 5) is 15.9. The second kappa shape index (κ2) is 5.66. The van der Waals surface area contributed by atoms with Crippen molar-refractivity contribution in [2.24, 2.45) is 0 Å². The highest BCUT2D eigenvalue weighted by molar-refractivity contribution is 6.33. The van der Waals surface area contributed by atoms with E-state index in [2.05, 4.69) is 4.98 Å². The molecule has 1 heterocycles. The van der Waals surface area contributed by atoms with Crippen LogP contribution in [0, 0.1) is 0 Å². The average Bonchev–Trinajstić information content (AvgIpc) is 2.47. The molecule has 1 atom stereocenters. The summed E-state index contributed by atoms with van der Waals surface area (Å²) < 4.78 is 0. The number of aryl methyl sites for hydroxylation is 1. The first kappa shape index (κ1) is 14.4. The lowest BCUT2D eigenvalue weighted by Gasteiger charge is -2.22. The van der Waals surface area contributed by atoms with Crippen LogP contribution in [0.4, 0.5) is 0 Å². The predicted molar refractivity (Wildman–Crippen MR) is 83.0 cm³/mol. The smallest absolute Gasteiger partial charge is 0.311 e. The minimum absolute atomic E-state index is 0.476. The number of aliphatic carboxylic acids is 1. The standard InChI is InChI=1S/C16H13Cl2NO2/c17-10-6-4-9(5-7-10)15-13(18)8-12-11(16(20)21)2-1-3-14(12)19-15/h4-8,11H,1-3H2,(H,20,21). The fraction of sp³-hybridized carbons (Fsp3) is 0.250. The Bertz CT molecular complexity index is 698. The molecule has 0 bridgehead atoms. The van der Waals surface area contributed by atoms with Gasteiger partial charge in [-0.05, 0) is 43.0 Å². The van der Waals surface area contributed by atoms with Crippen LogP contribution in [0.2, 0.25) is 10.0 Å². The summed E-state index contributed by atoms with van der Waals surface area (Å²) in [6, 6.07) is 9.05. The summed E-state index contributed by atoms with van der Waals surface area (Å²) in [5.41, 5.74) is 3.14. The van der Waals surface area contributed by atoms with Crippen LogP contribution < -0.4 is 0 Å². The fourth-order valence-corrected chi connectivity index (χ4v) is 3.13. The quantitative estimate of drug-likeness (QED) is 0.882. The van der Waals surface area contributed by atoms with Crippen molar-refractivity contribution in [2.75, 3.05) is 0 Å². The van der Waals surface area contributed by atoms with E-state index < -0.39 is 11.9 Å². The molecule has 1 unspecified atom stereocenters. The van der Waals surface area contributed by atoms with Crippen LogP contribution in [0.3, 0.4) is 0 Å². The van der Waals surface area contributed by atoms with E-state index in [0.29, 0.717) is 22.2 Å². The summed E-state index contributed by atoms with van der Waals surface area (Å²) in [7, 11) is 0. The van der Waals surface area contributed by atoms with Crippen molar-refractivity contribution < 1.29 is 9.90 Å². The number of hydrogen-bond acceptors (Lipinski definition) is 2. The zero-order chi connectivity index (χ0) is 15.0. The number of hydrogen-bond donors (Lipinski definition) is 1. The van der Waals surface area contributed by atoms with E-state index in [9.17, 15) is 9.90 Å². The van der Waals surface area contributed by atoms with Crippen LogP contribution >= 0.6 is 23.2 Å². The molecule has 1 aromatic carbocycles. The highest BCUT2D eigenvalue weighted by Gasteiger charge is 2.28. The van der Waals surface area contributed by atoms with Crippen LogP contribution in [-0.2, 0) is 11.2 Å². The van der Waals surface area contributed by atoms with E-state index in [1.165, 1.54) is 0 Å². The average molecular weight is 322 g/mol. The normalized spacial score (nSPS) is 17.3. The third kappa shape index (κ3) is 2.76. The molecule has 0 saturated heterocycles. The number of carbonyl (C=O) groups is 1. The molecule has 1 aliphatic rings. The Morgan fingerprint density at radius 1 is 1.24 bits per heavy atom. The molecule has 5 heteroatoms. The van der Waals surface area contributed by atoms with Gasteiger partial charge < -0.3 is 5.11 Å². The van der Waals surface area contributed by atoms with E-state index in [1.54, 1.807) is 18.2 Å². The number of rotatable bonds is 2. The Balaban J connectivity index is 2.09. The van der Waals surface area contributed by atoms with Gasteiger partial charge in [-0.25, -0.2) is 0 Å². The molecular weight excluding hydrogens is 309 g/mol. The number of carboxylic acids is 1. The molecule has 21 heavy (non-hydrogen) atoms. The van der Waals surface area contributed by atoms with Gasteiger partial charge in [-0.15, -0.1) is 0 Å². The van der Waals surface area contributed by atoms with Crippen LogP contribution in [0.15, 0.2) is 30.3 Å². The lowest BCUT2D eigenvalue weighted by Crippen LogP contribution is -2.19. The SMILES string of the molecule is O=C(O)C1CCCc2nc(-c3ccc(Cl)cc3)c(Cl)cc21. The number of carboxylic acid groups (broad SMARTS) is 1. The van der Waals surface area contributed by atoms with E-state index >= 15 is 0 Å². The third-order valence-electron chi connectivity index (χ3n) is 3.79. The van der Waals surface area contributed by atoms with Gasteiger partial charge in [-0.1, -0.05) is 35.3 Å². The number of benzene rings is 1. The molecule has 3 rings (SSSR count). The summed E-state index contributed by atoms with van der Waals surface area (Å²) in [5, 5.41) is 10.4. The largest absolute Gasteiger partial charge is 0.481 e. The maximum absolute atomic E-state index is 11.3. The first-order valence-corrected chi connectivity index (χ1v) is 7.50. The maximum atomic E-state index is 11.3. The minimum atomic E-state index is -0.812. The lowest BCUT2D eigenvalue weighted by molar-refractivity contribution is -0.139. The van der Waals surface area contributed by atoms with E-state index in [4.69, 9.17) is 23.2 Å². The van der Waals surface area contributed by atoms with Crippen LogP contribution in [0.25, 0.3) is 11.3 Å². The zero-order valence-corrected chi connectivity index (χ0v) is 12.7. The molecule has 1 aromatic heterocycles. The van der Waals surface area contributed by atoms with Gasteiger partial charge in [-0.3, -0.25) is 9.78 Å². The molecule has 3 nitrogen and oxygen atoms in total. The van der Waals surface area contributed by atoms with Crippen molar-refractivity contribution in [2.45, 2.75) is 25.2 Å². The van der Waals surface area contributed by atoms with Crippen molar-refractivity contribution in [3.8, 4) is 11.3 Å². The molecule has 0 saturated carbocycles. The van der Waals surface area contributed by atoms with E-state index in [-0.39, 0.29) is 0 Å². The van der Waals surface area contributed by atoms with Crippen molar-refractivity contribution in [3.63, 3.8) is 0 Å². The van der Waals surface area contributed by atoms with Gasteiger partial charge in [0.15, 0.2) is 0 Å². The first-order chi connectivity index (χ1) is 10.1. The first-order valence-electron chi connectivity index (χ1n) is 6.74. The highest BCUT2D eigenvalue weighted by Crippen LogP contribution is 2.36. The molecule has 1 aliphatic carbocycles. The summed E-state index contributed by atoms with van der Waals surface area (Å²) in [6.45, 7) is 0. The van der Waals surface area contributed by atoms with Gasteiger partial charge in [-0.2, -0.15) is 0 Å². The van der Waals surface area contributed by atoms with E-state index in [1.807, 2.05) is 12.1 Å². The molecule has 0 aliphatic heterocycles. The molecule has 0 amide bonds. The van der Waals surface area contributed by atoms with Gasteiger partial charge >= 0.3 is 5.97 Å². The van der Waals surface area contributed by atoms with Gasteiger partial charge in [0.1, 0.15) is 0 Å². The van der Waals surface area contributed by atoms with Gasteiger partial charge in [0.05, 0.1) is 16.6 Å². The Labute approximate surface area is 132 Å². The predicted octanol–water partition coefficient (Wildman–Crippen LogP) is 4.56. The monoisotopic (exact) mass is 321 g/mol. The number of fused-ring (bicyclic) bond motifs is 1. The minimum Gasteiger partial charge on any atom is -0.481 e. The zero-order valence-electron chi connectivity index (χ0n) is 11.1. The van der Waals surface area contributed by atoms with E-state index in [0.717, 1.165) is 29.7 Å². The second-order valence-corrected chi connectivity index (χ2v) is 5.99. The molecule has 2 aromatic rings. The maximum Gasteiger partial charge on any atom is 0.311 e. The second-order valence-electron chi connectivity index (χ2n) is 5.14. The van der Waals surface area contributed by atoms with Crippen LogP contribution in [-0.4, -0.2) is 16.1 Å². The highest BCUT2D eigenvalue weighted by atomic mass is 35.5. The number of nitrogens with zero attached hydrogens (tertiary/aromatic N) is 1. The fourth-order valence-electron chi connectivity index (χ4n) is 2.74. The van der Waals surface area contributed by atoms with Gasteiger partial charge in [0.25, 0.3) is 0 Å². The van der Waals surface area contributed by atoms with Crippen molar-refractivity contribution in [1.29, 1.82) is 0 Å². The Morgan fingerprint density at radius 2 is 1.95 bits per heavy atom. The van der Waals surface area contributed by atoms with Crippen LogP contribution in [0.5, 0.6) is 0 Å². The topological polar surface area (TPSA) is 50.2 Å². The van der Waals surface area contributed by atoms with Crippen molar-refractivity contribution in [1.82, 2.24) is 4.98 Å².